The molecule has 39 heavy (non-hydrogen) atoms. The Morgan fingerprint density at radius 2 is 1.49 bits per heavy atom. The van der Waals surface area contributed by atoms with Crippen LogP contribution in [0.5, 0.6) is 0 Å². The zero-order chi connectivity index (χ0) is 28.2. The van der Waals surface area contributed by atoms with E-state index in [2.05, 4.69) is 9.89 Å². The second-order valence-electron chi connectivity index (χ2n) is 8.86. The van der Waals surface area contributed by atoms with Crippen molar-refractivity contribution in [1.29, 1.82) is 0 Å². The fourth-order valence-electron chi connectivity index (χ4n) is 4.42. The van der Waals surface area contributed by atoms with Crippen molar-refractivity contribution in [2.75, 3.05) is 18.9 Å². The molecule has 0 radical (unpaired) electrons. The first-order valence-electron chi connectivity index (χ1n) is 12.1. The lowest BCUT2D eigenvalue weighted by Gasteiger charge is -2.17. The summed E-state index contributed by atoms with van der Waals surface area (Å²) in [4.78, 5) is -0.336. The van der Waals surface area contributed by atoms with Crippen molar-refractivity contribution in [2.45, 2.75) is 23.3 Å². The highest BCUT2D eigenvalue weighted by Crippen LogP contribution is 2.34. The summed E-state index contributed by atoms with van der Waals surface area (Å²) in [5.74, 6) is 0. The highest BCUT2D eigenvalue weighted by Gasteiger charge is 2.22. The van der Waals surface area contributed by atoms with Gasteiger partial charge in [-0.25, -0.2) is 4.58 Å². The molecule has 0 saturated carbocycles. The van der Waals surface area contributed by atoms with Gasteiger partial charge in [0.25, 0.3) is 20.2 Å². The lowest BCUT2D eigenvalue weighted by Crippen LogP contribution is -2.19. The third kappa shape index (κ3) is 6.61. The highest BCUT2D eigenvalue weighted by molar-refractivity contribution is 7.86. The van der Waals surface area contributed by atoms with E-state index in [1.54, 1.807) is 37.4 Å². The van der Waals surface area contributed by atoms with Gasteiger partial charge in [-0.3, -0.25) is 9.11 Å². The standard InChI is InChI=1S/C29H28N2O6S2/c1-3-31(20-21-11-17-26(18-12-21)38(32,33)34)25-15-13-22(14-16-25)29(23-7-6-8-24(19-23)30-2)27-9-4-5-10-28(27)39(35,36)37/h4-19,30H,3,20H2,1-2H3,(H-,32,33,34,35,36,37)/p+1. The number of anilines is 1. The van der Waals surface area contributed by atoms with Crippen LogP contribution in [-0.4, -0.2) is 49.8 Å². The first-order chi connectivity index (χ1) is 18.5. The summed E-state index contributed by atoms with van der Waals surface area (Å²) >= 11 is 0. The van der Waals surface area contributed by atoms with Gasteiger partial charge in [0.15, 0.2) is 12.3 Å². The van der Waals surface area contributed by atoms with Crippen LogP contribution < -0.4 is 5.32 Å². The normalized spacial score (nSPS) is 13.4. The van der Waals surface area contributed by atoms with Gasteiger partial charge in [-0.15, -0.1) is 0 Å². The van der Waals surface area contributed by atoms with Gasteiger partial charge in [-0.1, -0.05) is 42.5 Å². The van der Waals surface area contributed by atoms with Crippen LogP contribution in [0.25, 0.3) is 5.57 Å². The lowest BCUT2D eigenvalue weighted by atomic mass is 9.90. The van der Waals surface area contributed by atoms with E-state index in [4.69, 9.17) is 0 Å². The van der Waals surface area contributed by atoms with Crippen molar-refractivity contribution in [3.8, 4) is 0 Å². The molecule has 202 valence electrons. The number of nitrogens with one attached hydrogen (secondary N) is 1. The summed E-state index contributed by atoms with van der Waals surface area (Å²) in [6.07, 6.45) is 7.68. The van der Waals surface area contributed by atoms with Crippen molar-refractivity contribution in [3.63, 3.8) is 0 Å². The third-order valence-corrected chi connectivity index (χ3v) is 8.15. The Bertz CT molecular complexity index is 1720. The molecule has 8 nitrogen and oxygen atoms in total. The van der Waals surface area contributed by atoms with Crippen molar-refractivity contribution in [1.82, 2.24) is 0 Å². The number of benzene rings is 3. The minimum absolute atomic E-state index is 0.158. The zero-order valence-electron chi connectivity index (χ0n) is 21.4. The van der Waals surface area contributed by atoms with E-state index in [9.17, 15) is 25.9 Å². The van der Waals surface area contributed by atoms with Crippen molar-refractivity contribution < 1.29 is 30.5 Å². The molecule has 0 aliphatic heterocycles. The topological polar surface area (TPSA) is 124 Å². The Labute approximate surface area is 228 Å². The average molecular weight is 566 g/mol. The molecule has 0 bridgehead atoms. The van der Waals surface area contributed by atoms with Crippen LogP contribution in [-0.2, 0) is 26.8 Å². The molecule has 0 unspecified atom stereocenters. The van der Waals surface area contributed by atoms with E-state index in [-0.39, 0.29) is 9.79 Å². The van der Waals surface area contributed by atoms with E-state index in [1.165, 1.54) is 18.2 Å². The summed E-state index contributed by atoms with van der Waals surface area (Å²) in [7, 11) is -6.93. The summed E-state index contributed by atoms with van der Waals surface area (Å²) in [6, 6.07) is 20.0. The van der Waals surface area contributed by atoms with Crippen LogP contribution in [0, 0.1) is 0 Å². The Morgan fingerprint density at radius 1 is 0.821 bits per heavy atom. The van der Waals surface area contributed by atoms with E-state index in [0.29, 0.717) is 24.2 Å². The molecule has 0 spiro atoms. The highest BCUT2D eigenvalue weighted by atomic mass is 32.2. The molecule has 10 heteroatoms. The van der Waals surface area contributed by atoms with Gasteiger partial charge in [0, 0.05) is 36.0 Å². The molecule has 0 amide bonds. The number of hydrogen-bond acceptors (Lipinski definition) is 5. The Hall–Kier alpha value is -3.83. The maximum Gasteiger partial charge on any atom is 0.295 e. The van der Waals surface area contributed by atoms with Gasteiger partial charge in [-0.2, -0.15) is 16.8 Å². The number of rotatable bonds is 8. The Morgan fingerprint density at radius 3 is 2.08 bits per heavy atom. The van der Waals surface area contributed by atoms with Crippen LogP contribution >= 0.6 is 0 Å². The van der Waals surface area contributed by atoms with E-state index in [1.807, 2.05) is 55.5 Å². The van der Waals surface area contributed by atoms with Gasteiger partial charge in [0.1, 0.15) is 11.4 Å². The van der Waals surface area contributed by atoms with Crippen LogP contribution in [0.15, 0.2) is 112 Å². The van der Waals surface area contributed by atoms with Crippen LogP contribution in [0.1, 0.15) is 23.6 Å². The van der Waals surface area contributed by atoms with E-state index >= 15 is 0 Å². The summed E-state index contributed by atoms with van der Waals surface area (Å²) in [5, 5.41) is 3.10. The molecule has 3 N–H and O–H groups in total. The molecule has 1 aliphatic rings. The summed E-state index contributed by atoms with van der Waals surface area (Å²) < 4.78 is 68.5. The smallest absolute Gasteiger partial charge is 0.295 e. The van der Waals surface area contributed by atoms with Crippen molar-refractivity contribution in [3.05, 3.63) is 119 Å². The van der Waals surface area contributed by atoms with Crippen molar-refractivity contribution >= 4 is 37.2 Å². The molecular formula is C29H29N2O6S2+. The van der Waals surface area contributed by atoms with Crippen LogP contribution in [0.2, 0.25) is 0 Å². The predicted molar refractivity (Wildman–Crippen MR) is 152 cm³/mol. The average Bonchev–Trinajstić information content (AvgIpc) is 2.92. The Kier molecular flexibility index (Phi) is 8.31. The lowest BCUT2D eigenvalue weighted by molar-refractivity contribution is -0.539. The molecule has 3 aromatic carbocycles. The second kappa shape index (κ2) is 11.5. The molecule has 4 rings (SSSR count). The monoisotopic (exact) mass is 565 g/mol. The maximum absolute atomic E-state index is 12.3. The predicted octanol–water partition coefficient (Wildman–Crippen LogP) is 4.82. The number of hydrogen-bond donors (Lipinski definition) is 3. The fraction of sp³-hybridized carbons (Fsp3) is 0.138. The first-order valence-corrected chi connectivity index (χ1v) is 15.0. The number of nitrogens with zero attached hydrogens (tertiary/aromatic N) is 1. The van der Waals surface area contributed by atoms with Gasteiger partial charge >= 0.3 is 0 Å². The van der Waals surface area contributed by atoms with Gasteiger partial charge in [-0.05, 0) is 66.1 Å². The largest absolute Gasteiger partial charge is 0.388 e. The second-order valence-corrected chi connectivity index (χ2v) is 11.7. The molecule has 0 saturated heterocycles. The van der Waals surface area contributed by atoms with E-state index in [0.717, 1.165) is 28.1 Å². The van der Waals surface area contributed by atoms with E-state index < -0.39 is 20.2 Å². The molecule has 0 heterocycles. The van der Waals surface area contributed by atoms with Gasteiger partial charge < -0.3 is 5.32 Å². The molecule has 3 aromatic rings. The van der Waals surface area contributed by atoms with Crippen LogP contribution in [0.3, 0.4) is 0 Å². The maximum atomic E-state index is 12.3. The Balaban J connectivity index is 1.79. The number of allylic oxidation sites excluding steroid dienone is 5. The SMILES string of the molecule is CC[N+](Cc1ccc(S(=O)(=O)O)cc1)=C1C=CC(=C(c2cccc(NC)c2)c2ccccc2S(=O)(=O)O)C=C1. The molecule has 0 atom stereocenters. The third-order valence-electron chi connectivity index (χ3n) is 6.37. The molecule has 1 aliphatic carbocycles. The minimum atomic E-state index is -4.48. The zero-order valence-corrected chi connectivity index (χ0v) is 23.1. The quantitative estimate of drug-likeness (QED) is 0.264. The minimum Gasteiger partial charge on any atom is -0.388 e. The molecule has 0 fully saturated rings. The van der Waals surface area contributed by atoms with Gasteiger partial charge in [0.2, 0.25) is 0 Å². The summed E-state index contributed by atoms with van der Waals surface area (Å²) in [6.45, 7) is 3.18. The first kappa shape index (κ1) is 28.2. The van der Waals surface area contributed by atoms with Crippen LogP contribution in [0.4, 0.5) is 5.69 Å². The summed E-state index contributed by atoms with van der Waals surface area (Å²) in [5.41, 5.74) is 5.19. The fourth-order valence-corrected chi connectivity index (χ4v) is 5.60. The molecule has 0 aromatic heterocycles. The van der Waals surface area contributed by atoms with Gasteiger partial charge in [0.05, 0.1) is 4.90 Å². The molecular weight excluding hydrogens is 536 g/mol. The van der Waals surface area contributed by atoms with Crippen molar-refractivity contribution in [2.24, 2.45) is 0 Å².